The van der Waals surface area contributed by atoms with Gasteiger partial charge in [0.2, 0.25) is 0 Å². The molecular weight excluding hydrogens is 285 g/mol. The van der Waals surface area contributed by atoms with Gasteiger partial charge >= 0.3 is 7.12 Å². The van der Waals surface area contributed by atoms with E-state index in [1.54, 1.807) is 6.07 Å². The van der Waals surface area contributed by atoms with Crippen molar-refractivity contribution in [2.24, 2.45) is 0 Å². The minimum atomic E-state index is -2.47. The lowest BCUT2D eigenvalue weighted by atomic mass is 9.78. The molecule has 0 atom stereocenters. The summed E-state index contributed by atoms with van der Waals surface area (Å²) in [5.74, 6) is 0. The van der Waals surface area contributed by atoms with Gasteiger partial charge in [-0.25, -0.2) is 8.78 Å². The Morgan fingerprint density at radius 1 is 0.864 bits per heavy atom. The molecule has 0 bridgehead atoms. The van der Waals surface area contributed by atoms with Crippen LogP contribution < -0.4 is 5.46 Å². The van der Waals surface area contributed by atoms with Crippen molar-refractivity contribution in [1.82, 2.24) is 0 Å². The van der Waals surface area contributed by atoms with Crippen LogP contribution in [0.15, 0.2) is 36.4 Å². The number of hydrogen-bond acceptors (Lipinski definition) is 2. The van der Waals surface area contributed by atoms with Crippen LogP contribution in [0.25, 0.3) is 10.8 Å². The molecule has 1 fully saturated rings. The third-order valence-electron chi connectivity index (χ3n) is 4.67. The van der Waals surface area contributed by atoms with Crippen LogP contribution in [0.5, 0.6) is 0 Å². The molecule has 0 N–H and O–H groups in total. The molecule has 1 aliphatic rings. The second-order valence-electron chi connectivity index (χ2n) is 6.75. The number of halogens is 2. The first-order valence-electron chi connectivity index (χ1n) is 7.37. The van der Waals surface area contributed by atoms with Gasteiger partial charge in [0.15, 0.2) is 0 Å². The smallest absolute Gasteiger partial charge is 0.399 e. The second kappa shape index (κ2) is 5.03. The van der Waals surface area contributed by atoms with E-state index in [0.29, 0.717) is 0 Å². The lowest BCUT2D eigenvalue weighted by Crippen LogP contribution is -2.41. The molecule has 116 valence electrons. The van der Waals surface area contributed by atoms with Gasteiger partial charge in [0, 0.05) is 5.56 Å². The van der Waals surface area contributed by atoms with Crippen LogP contribution in [0.1, 0.15) is 39.7 Å². The Morgan fingerprint density at radius 3 is 2.05 bits per heavy atom. The van der Waals surface area contributed by atoms with Crippen molar-refractivity contribution in [3.05, 3.63) is 42.0 Å². The summed E-state index contributed by atoms with van der Waals surface area (Å²) in [5, 5.41) is 1.69. The van der Waals surface area contributed by atoms with Gasteiger partial charge in [0.05, 0.1) is 11.2 Å². The molecule has 1 heterocycles. The number of fused-ring (bicyclic) bond motifs is 1. The molecule has 2 nitrogen and oxygen atoms in total. The highest BCUT2D eigenvalue weighted by atomic mass is 19.3. The molecule has 2 aromatic rings. The maximum Gasteiger partial charge on any atom is 0.494 e. The molecule has 5 heteroatoms. The zero-order valence-electron chi connectivity index (χ0n) is 13.2. The third kappa shape index (κ3) is 2.53. The summed E-state index contributed by atoms with van der Waals surface area (Å²) in [5.41, 5.74) is 0.0330. The largest absolute Gasteiger partial charge is 0.494 e. The highest BCUT2D eigenvalue weighted by molar-refractivity contribution is 6.62. The minimum absolute atomic E-state index is 0.0265. The van der Waals surface area contributed by atoms with Crippen molar-refractivity contribution in [2.45, 2.75) is 45.3 Å². The van der Waals surface area contributed by atoms with Crippen molar-refractivity contribution in [3.8, 4) is 0 Å². The maximum absolute atomic E-state index is 12.9. The van der Waals surface area contributed by atoms with E-state index in [4.69, 9.17) is 9.31 Å². The van der Waals surface area contributed by atoms with Crippen LogP contribution in [0, 0.1) is 0 Å². The zero-order chi connectivity index (χ0) is 16.1. The summed E-state index contributed by atoms with van der Waals surface area (Å²) in [6.45, 7) is 7.96. The minimum Gasteiger partial charge on any atom is -0.399 e. The molecule has 1 aliphatic heterocycles. The number of alkyl halides is 2. The van der Waals surface area contributed by atoms with Gasteiger partial charge < -0.3 is 9.31 Å². The zero-order valence-corrected chi connectivity index (χ0v) is 13.2. The molecule has 0 amide bonds. The predicted octanol–water partition coefficient (Wildman–Crippen LogP) is 4.08. The number of rotatable bonds is 2. The molecule has 1 saturated heterocycles. The molecule has 0 unspecified atom stereocenters. The molecule has 0 aromatic heterocycles. The standard InChI is InChI=1S/C17H19BF2O2/c1-16(2)17(3,4)22-18(21-16)14-8-7-11-5-6-12(15(19)20)9-13(11)10-14/h5-10,15H,1-4H3. The van der Waals surface area contributed by atoms with Crippen LogP contribution >= 0.6 is 0 Å². The van der Waals surface area contributed by atoms with E-state index in [0.717, 1.165) is 16.2 Å². The number of benzene rings is 2. The third-order valence-corrected chi connectivity index (χ3v) is 4.67. The summed E-state index contributed by atoms with van der Waals surface area (Å²) in [7, 11) is -0.482. The normalized spacial score (nSPS) is 20.0. The topological polar surface area (TPSA) is 18.5 Å². The molecule has 3 rings (SSSR count). The average molecular weight is 304 g/mol. The fraction of sp³-hybridized carbons (Fsp3) is 0.412. The second-order valence-corrected chi connectivity index (χ2v) is 6.75. The van der Waals surface area contributed by atoms with Gasteiger partial charge in [-0.3, -0.25) is 0 Å². The quantitative estimate of drug-likeness (QED) is 0.778. The van der Waals surface area contributed by atoms with Crippen molar-refractivity contribution < 1.29 is 18.1 Å². The van der Waals surface area contributed by atoms with E-state index in [9.17, 15) is 8.78 Å². The van der Waals surface area contributed by atoms with E-state index in [1.165, 1.54) is 12.1 Å². The van der Waals surface area contributed by atoms with Gasteiger partial charge in [-0.15, -0.1) is 0 Å². The Balaban J connectivity index is 1.99. The van der Waals surface area contributed by atoms with Gasteiger partial charge in [0.1, 0.15) is 0 Å². The average Bonchev–Trinajstić information content (AvgIpc) is 2.66. The molecular formula is C17H19BF2O2. The highest BCUT2D eigenvalue weighted by Crippen LogP contribution is 2.36. The van der Waals surface area contributed by atoms with Gasteiger partial charge in [0.25, 0.3) is 6.43 Å². The fourth-order valence-electron chi connectivity index (χ4n) is 2.55. The first kappa shape index (κ1) is 15.4. The van der Waals surface area contributed by atoms with Crippen molar-refractivity contribution in [2.75, 3.05) is 0 Å². The van der Waals surface area contributed by atoms with Crippen LogP contribution in [-0.2, 0) is 9.31 Å². The lowest BCUT2D eigenvalue weighted by Gasteiger charge is -2.32. The lowest BCUT2D eigenvalue weighted by molar-refractivity contribution is 0.00578. The van der Waals surface area contributed by atoms with Crippen LogP contribution in [-0.4, -0.2) is 18.3 Å². The summed E-state index contributed by atoms with van der Waals surface area (Å²) < 4.78 is 37.7. The van der Waals surface area contributed by atoms with Crippen LogP contribution in [0.4, 0.5) is 8.78 Å². The maximum atomic E-state index is 12.9. The molecule has 0 spiro atoms. The van der Waals surface area contributed by atoms with Crippen molar-refractivity contribution in [1.29, 1.82) is 0 Å². The van der Waals surface area contributed by atoms with Crippen LogP contribution in [0.2, 0.25) is 0 Å². The summed E-state index contributed by atoms with van der Waals surface area (Å²) >= 11 is 0. The van der Waals surface area contributed by atoms with E-state index in [1.807, 2.05) is 45.9 Å². The Bertz CT molecular complexity index is 697. The van der Waals surface area contributed by atoms with Gasteiger partial charge in [-0.2, -0.15) is 0 Å². The fourth-order valence-corrected chi connectivity index (χ4v) is 2.55. The molecule has 0 saturated carbocycles. The molecule has 22 heavy (non-hydrogen) atoms. The van der Waals surface area contributed by atoms with Gasteiger partial charge in [-0.05, 0) is 50.0 Å². The Morgan fingerprint density at radius 2 is 1.45 bits per heavy atom. The Hall–Kier alpha value is -1.46. The van der Waals surface area contributed by atoms with E-state index < -0.39 is 24.7 Å². The van der Waals surface area contributed by atoms with E-state index >= 15 is 0 Å². The molecule has 2 aromatic carbocycles. The first-order valence-corrected chi connectivity index (χ1v) is 7.37. The highest BCUT2D eigenvalue weighted by Gasteiger charge is 2.51. The Kier molecular flexibility index (Phi) is 3.53. The number of hydrogen-bond donors (Lipinski definition) is 0. The Labute approximate surface area is 129 Å². The SMILES string of the molecule is CC1(C)OB(c2ccc3ccc(C(F)F)cc3c2)OC1(C)C. The molecule has 0 radical (unpaired) electrons. The van der Waals surface area contributed by atoms with Gasteiger partial charge in [-0.1, -0.05) is 30.3 Å². The predicted molar refractivity (Wildman–Crippen MR) is 84.6 cm³/mol. The summed E-state index contributed by atoms with van der Waals surface area (Å²) in [4.78, 5) is 0. The van der Waals surface area contributed by atoms with Crippen molar-refractivity contribution >= 4 is 23.4 Å². The van der Waals surface area contributed by atoms with E-state index in [-0.39, 0.29) is 5.56 Å². The first-order chi connectivity index (χ1) is 10.2. The van der Waals surface area contributed by atoms with E-state index in [2.05, 4.69) is 0 Å². The summed E-state index contributed by atoms with van der Waals surface area (Å²) in [6.07, 6.45) is -2.47. The summed E-state index contributed by atoms with van der Waals surface area (Å²) in [6, 6.07) is 10.4. The monoisotopic (exact) mass is 304 g/mol. The van der Waals surface area contributed by atoms with Crippen molar-refractivity contribution in [3.63, 3.8) is 0 Å². The van der Waals surface area contributed by atoms with Crippen LogP contribution in [0.3, 0.4) is 0 Å². The molecule has 0 aliphatic carbocycles.